The molecule has 0 bridgehead atoms. The third kappa shape index (κ3) is 2.80. The zero-order valence-electron chi connectivity index (χ0n) is 10.2. The first-order valence-corrected chi connectivity index (χ1v) is 8.16. The molecular formula is C11H19N3OS2. The van der Waals surface area contributed by atoms with Gasteiger partial charge in [0, 0.05) is 28.6 Å². The Labute approximate surface area is 111 Å². The predicted molar refractivity (Wildman–Crippen MR) is 73.4 cm³/mol. The number of aryl methyl sites for hydroxylation is 1. The highest BCUT2D eigenvalue weighted by Gasteiger charge is 2.34. The topological polar surface area (TPSA) is 50.9 Å². The Morgan fingerprint density at radius 3 is 2.94 bits per heavy atom. The Kier molecular flexibility index (Phi) is 4.76. The van der Waals surface area contributed by atoms with Crippen molar-refractivity contribution in [1.29, 1.82) is 0 Å². The average Bonchev–Trinajstić information content (AvgIpc) is 2.86. The van der Waals surface area contributed by atoms with Gasteiger partial charge in [-0.05, 0) is 13.3 Å². The second kappa shape index (κ2) is 6.11. The molecule has 1 saturated heterocycles. The largest absolute Gasteiger partial charge is 0.384 e. The molecule has 6 heteroatoms. The first-order chi connectivity index (χ1) is 8.27. The van der Waals surface area contributed by atoms with Crippen LogP contribution in [0, 0.1) is 0 Å². The second-order valence-corrected chi connectivity index (χ2v) is 6.66. The first-order valence-electron chi connectivity index (χ1n) is 6.06. The highest BCUT2D eigenvalue weighted by atomic mass is 32.2. The molecule has 0 amide bonds. The van der Waals surface area contributed by atoms with Gasteiger partial charge >= 0.3 is 0 Å². The molecule has 1 aliphatic heterocycles. The molecule has 17 heavy (non-hydrogen) atoms. The summed E-state index contributed by atoms with van der Waals surface area (Å²) in [7, 11) is 0. The van der Waals surface area contributed by atoms with Gasteiger partial charge in [-0.1, -0.05) is 6.92 Å². The van der Waals surface area contributed by atoms with E-state index in [0.29, 0.717) is 11.1 Å². The van der Waals surface area contributed by atoms with Crippen LogP contribution in [0.15, 0.2) is 6.33 Å². The third-order valence-corrected chi connectivity index (χ3v) is 6.35. The van der Waals surface area contributed by atoms with Crippen LogP contribution in [-0.4, -0.2) is 41.9 Å². The molecule has 4 nitrogen and oxygen atoms in total. The lowest BCUT2D eigenvalue weighted by atomic mass is 10.1. The summed E-state index contributed by atoms with van der Waals surface area (Å²) in [6.45, 7) is 4.96. The number of rotatable bonds is 4. The highest BCUT2D eigenvalue weighted by molar-refractivity contribution is 8.07. The van der Waals surface area contributed by atoms with E-state index in [4.69, 9.17) is 0 Å². The van der Waals surface area contributed by atoms with Crippen molar-refractivity contribution >= 4 is 23.5 Å². The minimum absolute atomic E-state index is 0.244. The van der Waals surface area contributed by atoms with Gasteiger partial charge in [0.1, 0.15) is 12.4 Å². The van der Waals surface area contributed by atoms with E-state index in [1.54, 1.807) is 4.68 Å². The van der Waals surface area contributed by atoms with Gasteiger partial charge in [0.15, 0.2) is 5.82 Å². The molecule has 0 saturated carbocycles. The number of aromatic nitrogens is 3. The lowest BCUT2D eigenvalue weighted by Crippen LogP contribution is -2.32. The smallest absolute Gasteiger partial charge is 0.156 e. The van der Waals surface area contributed by atoms with Crippen LogP contribution in [0.3, 0.4) is 0 Å². The molecule has 1 aromatic heterocycles. The van der Waals surface area contributed by atoms with Gasteiger partial charge in [0.05, 0.1) is 0 Å². The third-order valence-electron chi connectivity index (χ3n) is 3.02. The van der Waals surface area contributed by atoms with E-state index in [1.807, 2.05) is 30.4 Å². The van der Waals surface area contributed by atoms with Crippen molar-refractivity contribution in [2.75, 3.05) is 11.5 Å². The van der Waals surface area contributed by atoms with E-state index >= 15 is 0 Å². The SMILES string of the molecule is CCC1SCCSC1C(O)c1ncnn1CC. The zero-order valence-corrected chi connectivity index (χ0v) is 11.9. The quantitative estimate of drug-likeness (QED) is 0.909. The van der Waals surface area contributed by atoms with Crippen molar-refractivity contribution in [1.82, 2.24) is 14.8 Å². The monoisotopic (exact) mass is 273 g/mol. The Hall–Kier alpha value is -0.200. The van der Waals surface area contributed by atoms with Gasteiger partial charge in [-0.25, -0.2) is 9.67 Å². The van der Waals surface area contributed by atoms with Crippen molar-refractivity contribution in [2.45, 2.75) is 43.4 Å². The molecule has 1 fully saturated rings. The summed E-state index contributed by atoms with van der Waals surface area (Å²) in [5, 5.41) is 15.4. The fourth-order valence-electron chi connectivity index (χ4n) is 2.12. The van der Waals surface area contributed by atoms with Crippen molar-refractivity contribution in [3.8, 4) is 0 Å². The van der Waals surface area contributed by atoms with Crippen molar-refractivity contribution in [3.63, 3.8) is 0 Å². The van der Waals surface area contributed by atoms with E-state index < -0.39 is 6.10 Å². The lowest BCUT2D eigenvalue weighted by Gasteiger charge is -2.32. The predicted octanol–water partition coefficient (Wildman–Crippen LogP) is 1.96. The van der Waals surface area contributed by atoms with Crippen molar-refractivity contribution < 1.29 is 5.11 Å². The Morgan fingerprint density at radius 1 is 1.47 bits per heavy atom. The van der Waals surface area contributed by atoms with Crippen LogP contribution in [0.4, 0.5) is 0 Å². The maximum absolute atomic E-state index is 10.5. The molecule has 0 aromatic carbocycles. The number of aliphatic hydroxyl groups is 1. The fraction of sp³-hybridized carbons (Fsp3) is 0.818. The summed E-state index contributed by atoms with van der Waals surface area (Å²) in [6, 6.07) is 0. The number of nitrogens with zero attached hydrogens (tertiary/aromatic N) is 3. The van der Waals surface area contributed by atoms with Crippen LogP contribution in [0.25, 0.3) is 0 Å². The summed E-state index contributed by atoms with van der Waals surface area (Å²) in [4.78, 5) is 4.21. The molecule has 2 rings (SSSR count). The average molecular weight is 273 g/mol. The molecule has 1 aliphatic rings. The van der Waals surface area contributed by atoms with Crippen LogP contribution in [0.5, 0.6) is 0 Å². The van der Waals surface area contributed by atoms with E-state index in [1.165, 1.54) is 12.1 Å². The van der Waals surface area contributed by atoms with E-state index in [9.17, 15) is 5.11 Å². The number of thioether (sulfide) groups is 2. The van der Waals surface area contributed by atoms with E-state index in [0.717, 1.165) is 18.7 Å². The summed E-state index contributed by atoms with van der Waals surface area (Å²) in [6.07, 6.45) is 2.13. The summed E-state index contributed by atoms with van der Waals surface area (Å²) >= 11 is 3.84. The van der Waals surface area contributed by atoms with Gasteiger partial charge < -0.3 is 5.11 Å². The fourth-order valence-corrected chi connectivity index (χ4v) is 5.22. The number of hydrogen-bond acceptors (Lipinski definition) is 5. The molecule has 2 heterocycles. The van der Waals surface area contributed by atoms with Gasteiger partial charge in [-0.2, -0.15) is 28.6 Å². The lowest BCUT2D eigenvalue weighted by molar-refractivity contribution is 0.156. The van der Waals surface area contributed by atoms with Crippen LogP contribution in [-0.2, 0) is 6.54 Å². The number of aliphatic hydroxyl groups excluding tert-OH is 1. The Bertz CT molecular complexity index is 358. The van der Waals surface area contributed by atoms with E-state index in [2.05, 4.69) is 17.0 Å². The highest BCUT2D eigenvalue weighted by Crippen LogP contribution is 2.39. The maximum Gasteiger partial charge on any atom is 0.156 e. The van der Waals surface area contributed by atoms with Crippen LogP contribution < -0.4 is 0 Å². The normalized spacial score (nSPS) is 27.0. The molecule has 1 N–H and O–H groups in total. The molecule has 3 unspecified atom stereocenters. The van der Waals surface area contributed by atoms with Crippen LogP contribution in [0.2, 0.25) is 0 Å². The first kappa shape index (κ1) is 13.2. The minimum Gasteiger partial charge on any atom is -0.384 e. The summed E-state index contributed by atoms with van der Waals surface area (Å²) in [5.74, 6) is 3.02. The molecular weight excluding hydrogens is 254 g/mol. The van der Waals surface area contributed by atoms with Gasteiger partial charge in [-0.3, -0.25) is 0 Å². The van der Waals surface area contributed by atoms with E-state index in [-0.39, 0.29) is 5.25 Å². The zero-order chi connectivity index (χ0) is 12.3. The Balaban J connectivity index is 2.15. The molecule has 96 valence electrons. The minimum atomic E-state index is -0.500. The van der Waals surface area contributed by atoms with Crippen LogP contribution >= 0.6 is 23.5 Å². The standard InChI is InChI=1S/C11H19N3OS2/c1-3-8-10(17-6-5-16-8)9(15)11-12-7-13-14(11)4-2/h7-10,15H,3-6H2,1-2H3. The van der Waals surface area contributed by atoms with Gasteiger partial charge in [0.2, 0.25) is 0 Å². The molecule has 0 spiro atoms. The Morgan fingerprint density at radius 2 is 2.24 bits per heavy atom. The maximum atomic E-state index is 10.5. The summed E-state index contributed by atoms with van der Waals surface area (Å²) in [5.41, 5.74) is 0. The second-order valence-electron chi connectivity index (χ2n) is 4.03. The number of hydrogen-bond donors (Lipinski definition) is 1. The molecule has 0 aliphatic carbocycles. The molecule has 3 atom stereocenters. The van der Waals surface area contributed by atoms with Crippen molar-refractivity contribution in [2.24, 2.45) is 0 Å². The van der Waals surface area contributed by atoms with Crippen LogP contribution in [0.1, 0.15) is 32.2 Å². The van der Waals surface area contributed by atoms with Gasteiger partial charge in [0.25, 0.3) is 0 Å². The molecule has 1 aromatic rings. The van der Waals surface area contributed by atoms with Gasteiger partial charge in [-0.15, -0.1) is 0 Å². The summed E-state index contributed by atoms with van der Waals surface area (Å²) < 4.78 is 1.79. The molecule has 0 radical (unpaired) electrons. The van der Waals surface area contributed by atoms with Crippen molar-refractivity contribution in [3.05, 3.63) is 12.2 Å².